The van der Waals surface area contributed by atoms with Gasteiger partial charge in [-0.15, -0.1) is 0 Å². The number of phenols is 1. The lowest BCUT2D eigenvalue weighted by Crippen LogP contribution is -2.26. The van der Waals surface area contributed by atoms with Crippen molar-refractivity contribution in [2.75, 3.05) is 0 Å². The van der Waals surface area contributed by atoms with Gasteiger partial charge in [0.2, 0.25) is 0 Å². The fourth-order valence-electron chi connectivity index (χ4n) is 3.98. The van der Waals surface area contributed by atoms with Crippen LogP contribution in [0.25, 0.3) is 0 Å². The predicted octanol–water partition coefficient (Wildman–Crippen LogP) is 6.66. The Labute approximate surface area is 175 Å². The third kappa shape index (κ3) is 4.12. The molecule has 0 aliphatic rings. The van der Waals surface area contributed by atoms with Crippen LogP contribution in [0.5, 0.6) is 5.75 Å². The first kappa shape index (κ1) is 20.9. The minimum atomic E-state index is -0.474. The van der Waals surface area contributed by atoms with Gasteiger partial charge in [0.1, 0.15) is 5.75 Å². The lowest BCUT2D eigenvalue weighted by atomic mass is 9.70. The summed E-state index contributed by atoms with van der Waals surface area (Å²) in [6.45, 7) is 8.51. The van der Waals surface area contributed by atoms with Gasteiger partial charge in [-0.05, 0) is 43.4 Å². The van der Waals surface area contributed by atoms with Crippen molar-refractivity contribution in [2.45, 2.75) is 52.0 Å². The van der Waals surface area contributed by atoms with Gasteiger partial charge in [-0.1, -0.05) is 86.6 Å². The Hall–Kier alpha value is -2.87. The summed E-state index contributed by atoms with van der Waals surface area (Å²) in [7, 11) is 0. The summed E-state index contributed by atoms with van der Waals surface area (Å²) in [4.78, 5) is 4.74. The molecule has 0 spiro atoms. The highest BCUT2D eigenvalue weighted by atomic mass is 16.3. The van der Waals surface area contributed by atoms with E-state index in [0.717, 1.165) is 40.7 Å². The van der Waals surface area contributed by atoms with Crippen LogP contribution in [0, 0.1) is 6.92 Å². The molecular weight excluding hydrogens is 354 g/mol. The van der Waals surface area contributed by atoms with Crippen molar-refractivity contribution in [1.82, 2.24) is 0 Å². The van der Waals surface area contributed by atoms with Gasteiger partial charge in [-0.3, -0.25) is 4.99 Å². The second kappa shape index (κ2) is 9.09. The summed E-state index contributed by atoms with van der Waals surface area (Å²) in [5, 5.41) is 11.4. The summed E-state index contributed by atoms with van der Waals surface area (Å²) in [5.41, 5.74) is 4.56. The van der Waals surface area contributed by atoms with Gasteiger partial charge in [-0.2, -0.15) is 0 Å². The van der Waals surface area contributed by atoms with Crippen molar-refractivity contribution in [3.8, 4) is 5.75 Å². The molecule has 0 aliphatic carbocycles. The summed E-state index contributed by atoms with van der Waals surface area (Å²) in [6, 6.07) is 25.2. The van der Waals surface area contributed by atoms with E-state index in [-0.39, 0.29) is 6.04 Å². The molecule has 0 radical (unpaired) electrons. The van der Waals surface area contributed by atoms with Crippen LogP contribution < -0.4 is 0 Å². The van der Waals surface area contributed by atoms with E-state index in [2.05, 4.69) is 81.4 Å². The van der Waals surface area contributed by atoms with Crippen LogP contribution in [0.15, 0.2) is 77.8 Å². The molecule has 0 unspecified atom stereocenters. The minimum Gasteiger partial charge on any atom is -0.507 e. The third-order valence-electron chi connectivity index (χ3n) is 6.03. The topological polar surface area (TPSA) is 32.6 Å². The van der Waals surface area contributed by atoms with Gasteiger partial charge in [0.15, 0.2) is 0 Å². The summed E-state index contributed by atoms with van der Waals surface area (Å²) in [5.74, 6) is 0.315. The van der Waals surface area contributed by atoms with Crippen molar-refractivity contribution in [1.29, 1.82) is 0 Å². The van der Waals surface area contributed by atoms with Crippen molar-refractivity contribution in [3.05, 3.63) is 101 Å². The molecule has 3 aromatic carbocycles. The molecule has 0 aromatic heterocycles. The number of aromatic hydroxyl groups is 1. The Morgan fingerprint density at radius 1 is 0.862 bits per heavy atom. The first-order valence-electron chi connectivity index (χ1n) is 10.5. The normalized spacial score (nSPS) is 12.0. The predicted molar refractivity (Wildman–Crippen MR) is 123 cm³/mol. The number of aliphatic imine (C=N–C) groups is 1. The first-order chi connectivity index (χ1) is 14.0. The zero-order chi connectivity index (χ0) is 20.9. The molecule has 2 nitrogen and oxygen atoms in total. The van der Waals surface area contributed by atoms with E-state index in [0.29, 0.717) is 5.75 Å². The first-order valence-corrected chi connectivity index (χ1v) is 10.5. The van der Waals surface area contributed by atoms with E-state index in [4.69, 9.17) is 4.99 Å². The summed E-state index contributed by atoms with van der Waals surface area (Å²) >= 11 is 0. The molecule has 1 N–H and O–H groups in total. The van der Waals surface area contributed by atoms with Crippen LogP contribution in [-0.2, 0) is 5.41 Å². The number of rotatable bonds is 7. The quantitative estimate of drug-likeness (QED) is 0.358. The van der Waals surface area contributed by atoms with Crippen molar-refractivity contribution in [3.63, 3.8) is 0 Å². The van der Waals surface area contributed by atoms with Gasteiger partial charge < -0.3 is 5.11 Å². The number of benzene rings is 3. The van der Waals surface area contributed by atoms with Gasteiger partial charge in [0.25, 0.3) is 0 Å². The molecule has 2 heteroatoms. The Bertz CT molecular complexity index is 917. The maximum absolute atomic E-state index is 11.4. The van der Waals surface area contributed by atoms with Crippen LogP contribution in [0.3, 0.4) is 0 Å². The second-order valence-electron chi connectivity index (χ2n) is 7.80. The van der Waals surface area contributed by atoms with Crippen molar-refractivity contribution in [2.24, 2.45) is 4.99 Å². The standard InChI is InChI=1S/C27H31NO/c1-5-23(6-2)28-19-24-20(3)17-18-25(26(24)29)27(4,21-13-9-7-10-14-21)22-15-11-8-12-16-22/h7-19,23,29H,5-6H2,1-4H3. The van der Waals surface area contributed by atoms with Gasteiger partial charge in [0, 0.05) is 28.8 Å². The molecule has 150 valence electrons. The molecular formula is C27H31NO. The number of nitrogens with zero attached hydrogens (tertiary/aromatic N) is 1. The molecule has 3 aromatic rings. The highest BCUT2D eigenvalue weighted by Gasteiger charge is 2.34. The molecule has 0 amide bonds. The zero-order valence-electron chi connectivity index (χ0n) is 17.9. The third-order valence-corrected chi connectivity index (χ3v) is 6.03. The van der Waals surface area contributed by atoms with E-state index >= 15 is 0 Å². The Morgan fingerprint density at radius 2 is 1.38 bits per heavy atom. The van der Waals surface area contributed by atoms with Crippen LogP contribution >= 0.6 is 0 Å². The molecule has 0 aliphatic heterocycles. The number of hydrogen-bond donors (Lipinski definition) is 1. The Balaban J connectivity index is 2.21. The number of hydrogen-bond acceptors (Lipinski definition) is 2. The van der Waals surface area contributed by atoms with Gasteiger partial charge in [0.05, 0.1) is 0 Å². The molecule has 0 atom stereocenters. The maximum Gasteiger partial charge on any atom is 0.129 e. The smallest absolute Gasteiger partial charge is 0.129 e. The second-order valence-corrected chi connectivity index (χ2v) is 7.80. The summed E-state index contributed by atoms with van der Waals surface area (Å²) in [6.07, 6.45) is 3.86. The summed E-state index contributed by atoms with van der Waals surface area (Å²) < 4.78 is 0. The average Bonchev–Trinajstić information content (AvgIpc) is 2.77. The van der Waals surface area contributed by atoms with Crippen LogP contribution in [0.1, 0.15) is 61.4 Å². The van der Waals surface area contributed by atoms with Crippen LogP contribution in [0.2, 0.25) is 0 Å². The fraction of sp³-hybridized carbons (Fsp3) is 0.296. The fourth-order valence-corrected chi connectivity index (χ4v) is 3.98. The molecule has 0 saturated heterocycles. The molecule has 0 fully saturated rings. The van der Waals surface area contributed by atoms with Gasteiger partial charge in [-0.25, -0.2) is 0 Å². The number of phenolic OH excluding ortho intramolecular Hbond substituents is 1. The van der Waals surface area contributed by atoms with E-state index < -0.39 is 5.41 Å². The molecule has 0 saturated carbocycles. The van der Waals surface area contributed by atoms with Crippen LogP contribution in [0.4, 0.5) is 0 Å². The Morgan fingerprint density at radius 3 is 1.86 bits per heavy atom. The van der Waals surface area contributed by atoms with Gasteiger partial charge >= 0.3 is 0 Å². The molecule has 3 rings (SSSR count). The van der Waals surface area contributed by atoms with Crippen molar-refractivity contribution < 1.29 is 5.11 Å². The highest BCUT2D eigenvalue weighted by molar-refractivity contribution is 5.87. The Kier molecular flexibility index (Phi) is 6.53. The van der Waals surface area contributed by atoms with E-state index in [9.17, 15) is 5.11 Å². The average molecular weight is 386 g/mol. The molecule has 0 heterocycles. The maximum atomic E-state index is 11.4. The monoisotopic (exact) mass is 385 g/mol. The lowest BCUT2D eigenvalue weighted by molar-refractivity contribution is 0.456. The number of aryl methyl sites for hydroxylation is 1. The lowest BCUT2D eigenvalue weighted by Gasteiger charge is -2.33. The van der Waals surface area contributed by atoms with Crippen LogP contribution in [-0.4, -0.2) is 17.4 Å². The minimum absolute atomic E-state index is 0.284. The zero-order valence-corrected chi connectivity index (χ0v) is 17.9. The van der Waals surface area contributed by atoms with E-state index in [1.165, 1.54) is 0 Å². The molecule has 29 heavy (non-hydrogen) atoms. The van der Waals surface area contributed by atoms with E-state index in [1.54, 1.807) is 0 Å². The molecule has 0 bridgehead atoms. The van der Waals surface area contributed by atoms with Crippen molar-refractivity contribution >= 4 is 6.21 Å². The SMILES string of the molecule is CCC(CC)N=Cc1c(C)ccc(C(C)(c2ccccc2)c2ccccc2)c1O. The largest absolute Gasteiger partial charge is 0.507 e. The van der Waals surface area contributed by atoms with E-state index in [1.807, 2.05) is 25.3 Å². The highest BCUT2D eigenvalue weighted by Crippen LogP contribution is 2.44.